The van der Waals surface area contributed by atoms with E-state index in [9.17, 15) is 4.79 Å². The van der Waals surface area contributed by atoms with Gasteiger partial charge in [-0.25, -0.2) is 10.1 Å². The molecule has 0 unspecified atom stereocenters. The van der Waals surface area contributed by atoms with Crippen molar-refractivity contribution in [3.8, 4) is 11.5 Å². The summed E-state index contributed by atoms with van der Waals surface area (Å²) in [6.07, 6.45) is 1.58. The lowest BCUT2D eigenvalue weighted by Crippen LogP contribution is -2.17. The number of hydrazone groups is 1. The summed E-state index contributed by atoms with van der Waals surface area (Å²) >= 11 is 4.54. The second-order valence-corrected chi connectivity index (χ2v) is 7.77. The molecule has 0 saturated heterocycles. The average molecular weight is 506 g/mol. The summed E-state index contributed by atoms with van der Waals surface area (Å²) in [5.41, 5.74) is 4.20. The minimum Gasteiger partial charge on any atom is -0.493 e. The quantitative estimate of drug-likeness (QED) is 0.175. The minimum absolute atomic E-state index is 0.117. The monoisotopic (exact) mass is 505 g/mol. The number of nitrogens with one attached hydrogen (secondary N) is 2. The van der Waals surface area contributed by atoms with Crippen molar-refractivity contribution in [1.82, 2.24) is 14.9 Å². The highest BCUT2D eigenvalue weighted by Gasteiger charge is 2.13. The number of anilines is 2. The van der Waals surface area contributed by atoms with E-state index in [-0.39, 0.29) is 17.6 Å². The number of rotatable bonds is 9. The normalized spacial score (nSPS) is 10.8. The van der Waals surface area contributed by atoms with Crippen LogP contribution < -0.4 is 26.1 Å². The number of carbonyl (C=O) groups is 1. The number of ether oxygens (including phenoxy) is 2. The third-order valence-corrected chi connectivity index (χ3v) is 5.57. The summed E-state index contributed by atoms with van der Waals surface area (Å²) in [5.74, 6) is 7.35. The first-order valence-electron chi connectivity index (χ1n) is 8.90. The molecule has 2 aromatic carbocycles. The lowest BCUT2D eigenvalue weighted by Gasteiger charge is -2.07. The predicted octanol–water partition coefficient (Wildman–Crippen LogP) is 2.95. The van der Waals surface area contributed by atoms with Crippen LogP contribution in [0.2, 0.25) is 0 Å². The molecule has 3 aromatic rings. The maximum atomic E-state index is 12.2. The van der Waals surface area contributed by atoms with Gasteiger partial charge in [0.05, 0.1) is 31.9 Å². The Balaban J connectivity index is 1.56. The first-order valence-corrected chi connectivity index (χ1v) is 10.7. The van der Waals surface area contributed by atoms with Crippen molar-refractivity contribution in [3.05, 3.63) is 52.5 Å². The van der Waals surface area contributed by atoms with E-state index in [1.807, 2.05) is 24.3 Å². The van der Waals surface area contributed by atoms with Crippen LogP contribution in [0.4, 0.5) is 11.6 Å². The molecule has 0 fully saturated rings. The van der Waals surface area contributed by atoms with Gasteiger partial charge in [0.25, 0.3) is 5.95 Å². The average Bonchev–Trinajstić information content (AvgIpc) is 3.13. The van der Waals surface area contributed by atoms with E-state index >= 15 is 0 Å². The van der Waals surface area contributed by atoms with Crippen molar-refractivity contribution < 1.29 is 14.3 Å². The highest BCUT2D eigenvalue weighted by molar-refractivity contribution is 9.10. The highest BCUT2D eigenvalue weighted by atomic mass is 79.9. The lowest BCUT2D eigenvalue weighted by molar-refractivity contribution is -0.113. The SMILES string of the molecule is COc1ccc(/C=N/Nc2nnc(SCC(=O)Nc3ccccc3Br)n2N)cc1OC. The maximum absolute atomic E-state index is 12.2. The van der Waals surface area contributed by atoms with Crippen LogP contribution in [-0.4, -0.2) is 47.0 Å². The first kappa shape index (κ1) is 22.4. The van der Waals surface area contributed by atoms with Crippen molar-refractivity contribution in [1.29, 1.82) is 0 Å². The van der Waals surface area contributed by atoms with E-state index in [1.165, 1.54) is 4.68 Å². The molecule has 0 atom stereocenters. The molecule has 0 aliphatic rings. The molecule has 31 heavy (non-hydrogen) atoms. The van der Waals surface area contributed by atoms with Crippen LogP contribution in [-0.2, 0) is 4.79 Å². The van der Waals surface area contributed by atoms with Gasteiger partial charge in [0.2, 0.25) is 11.1 Å². The van der Waals surface area contributed by atoms with Gasteiger partial charge in [0.1, 0.15) is 0 Å². The van der Waals surface area contributed by atoms with Crippen molar-refractivity contribution in [2.24, 2.45) is 5.10 Å². The molecule has 4 N–H and O–H groups in total. The van der Waals surface area contributed by atoms with Crippen LogP contribution in [0.3, 0.4) is 0 Å². The second-order valence-electron chi connectivity index (χ2n) is 5.98. The number of thioether (sulfide) groups is 1. The van der Waals surface area contributed by atoms with E-state index in [0.717, 1.165) is 21.8 Å². The number of nitrogens with zero attached hydrogens (tertiary/aromatic N) is 4. The van der Waals surface area contributed by atoms with Crippen molar-refractivity contribution in [2.75, 3.05) is 36.6 Å². The van der Waals surface area contributed by atoms with Gasteiger partial charge in [-0.3, -0.25) is 4.79 Å². The number of methoxy groups -OCH3 is 2. The van der Waals surface area contributed by atoms with Gasteiger partial charge >= 0.3 is 0 Å². The Morgan fingerprint density at radius 2 is 2.00 bits per heavy atom. The molecule has 162 valence electrons. The van der Waals surface area contributed by atoms with Gasteiger partial charge in [-0.2, -0.15) is 5.10 Å². The third-order valence-electron chi connectivity index (χ3n) is 3.93. The van der Waals surface area contributed by atoms with Crippen LogP contribution in [0.25, 0.3) is 0 Å². The molecule has 1 aromatic heterocycles. The molecule has 1 amide bonds. The molecular weight excluding hydrogens is 486 g/mol. The number of para-hydroxylation sites is 1. The van der Waals surface area contributed by atoms with E-state index in [2.05, 4.69) is 42.0 Å². The molecule has 0 aliphatic heterocycles. The Morgan fingerprint density at radius 1 is 1.23 bits per heavy atom. The lowest BCUT2D eigenvalue weighted by atomic mass is 10.2. The summed E-state index contributed by atoms with van der Waals surface area (Å²) in [7, 11) is 3.13. The van der Waals surface area contributed by atoms with Crippen LogP contribution in [0, 0.1) is 0 Å². The fourth-order valence-corrected chi connectivity index (χ4v) is 3.47. The summed E-state index contributed by atoms with van der Waals surface area (Å²) < 4.78 is 12.5. The van der Waals surface area contributed by atoms with Gasteiger partial charge < -0.3 is 20.6 Å². The largest absolute Gasteiger partial charge is 0.493 e. The number of nitrogens with two attached hydrogens (primary N) is 1. The highest BCUT2D eigenvalue weighted by Crippen LogP contribution is 2.27. The Labute approximate surface area is 191 Å². The van der Waals surface area contributed by atoms with E-state index in [1.54, 1.807) is 38.6 Å². The standard InChI is InChI=1S/C19H20BrN7O3S/c1-29-15-8-7-12(9-16(15)30-2)10-22-24-18-25-26-19(27(18)21)31-11-17(28)23-14-6-4-3-5-13(14)20/h3-10H,11,21H2,1-2H3,(H,23,28)(H,24,25)/b22-10+. The zero-order chi connectivity index (χ0) is 22.2. The molecule has 0 bridgehead atoms. The Kier molecular flexibility index (Phi) is 7.73. The zero-order valence-corrected chi connectivity index (χ0v) is 19.1. The Hall–Kier alpha value is -3.25. The van der Waals surface area contributed by atoms with Gasteiger partial charge in [-0.05, 0) is 51.8 Å². The summed E-state index contributed by atoms with van der Waals surface area (Å²) in [5, 5.41) is 15.2. The van der Waals surface area contributed by atoms with Gasteiger partial charge in [-0.15, -0.1) is 10.2 Å². The number of amides is 1. The Bertz CT molecular complexity index is 1090. The fraction of sp³-hybridized carbons (Fsp3) is 0.158. The Morgan fingerprint density at radius 3 is 2.74 bits per heavy atom. The van der Waals surface area contributed by atoms with Crippen LogP contribution in [0.5, 0.6) is 11.5 Å². The fourth-order valence-electron chi connectivity index (χ4n) is 2.43. The van der Waals surface area contributed by atoms with Crippen LogP contribution >= 0.6 is 27.7 Å². The molecule has 12 heteroatoms. The third kappa shape index (κ3) is 5.89. The topological polar surface area (TPSA) is 129 Å². The molecule has 0 saturated carbocycles. The number of aromatic nitrogens is 3. The first-order chi connectivity index (χ1) is 15.0. The maximum Gasteiger partial charge on any atom is 0.264 e. The van der Waals surface area contributed by atoms with Crippen molar-refractivity contribution in [2.45, 2.75) is 5.16 Å². The predicted molar refractivity (Wildman–Crippen MR) is 124 cm³/mol. The number of hydrogen-bond acceptors (Lipinski definition) is 9. The summed E-state index contributed by atoms with van der Waals surface area (Å²) in [6.45, 7) is 0. The summed E-state index contributed by atoms with van der Waals surface area (Å²) in [6, 6.07) is 12.7. The number of benzene rings is 2. The molecule has 10 nitrogen and oxygen atoms in total. The van der Waals surface area contributed by atoms with E-state index < -0.39 is 0 Å². The molecule has 3 rings (SSSR count). The van der Waals surface area contributed by atoms with Gasteiger partial charge in [-0.1, -0.05) is 23.9 Å². The van der Waals surface area contributed by atoms with Gasteiger partial charge in [0, 0.05) is 4.47 Å². The smallest absolute Gasteiger partial charge is 0.264 e. The van der Waals surface area contributed by atoms with Crippen LogP contribution in [0.15, 0.2) is 57.2 Å². The molecule has 0 aliphatic carbocycles. The zero-order valence-electron chi connectivity index (χ0n) is 16.7. The van der Waals surface area contributed by atoms with Crippen molar-refractivity contribution >= 4 is 51.4 Å². The molecular formula is C19H20BrN7O3S. The molecule has 0 radical (unpaired) electrons. The van der Waals surface area contributed by atoms with Crippen LogP contribution in [0.1, 0.15) is 5.56 Å². The molecule has 1 heterocycles. The van der Waals surface area contributed by atoms with Gasteiger partial charge in [0.15, 0.2) is 11.5 Å². The number of halogens is 1. The molecule has 0 spiro atoms. The van der Waals surface area contributed by atoms with Crippen molar-refractivity contribution in [3.63, 3.8) is 0 Å². The van der Waals surface area contributed by atoms with E-state index in [4.69, 9.17) is 15.3 Å². The minimum atomic E-state index is -0.194. The number of hydrogen-bond donors (Lipinski definition) is 3. The summed E-state index contributed by atoms with van der Waals surface area (Å²) in [4.78, 5) is 12.2. The number of nitrogen functional groups attached to an aromatic ring is 1. The number of carbonyl (C=O) groups excluding carboxylic acids is 1. The second kappa shape index (κ2) is 10.7. The van der Waals surface area contributed by atoms with E-state index in [0.29, 0.717) is 22.3 Å².